The summed E-state index contributed by atoms with van der Waals surface area (Å²) in [5.74, 6) is 1.14. The first-order chi connectivity index (χ1) is 6.88. The first-order valence-corrected chi connectivity index (χ1v) is 6.26. The lowest BCUT2D eigenvalue weighted by Crippen LogP contribution is -2.30. The van der Waals surface area contributed by atoms with Gasteiger partial charge in [-0.3, -0.25) is 0 Å². The summed E-state index contributed by atoms with van der Waals surface area (Å²) in [5, 5.41) is 13.6. The van der Waals surface area contributed by atoms with Gasteiger partial charge in [0.2, 0.25) is 0 Å². The van der Waals surface area contributed by atoms with Crippen molar-refractivity contribution >= 4 is 0 Å². The summed E-state index contributed by atoms with van der Waals surface area (Å²) >= 11 is 0. The predicted molar refractivity (Wildman–Crippen MR) is 58.2 cm³/mol. The smallest absolute Gasteiger partial charge is 0.0609 e. The molecular formula is C12H23NO. The number of rotatable bonds is 2. The highest BCUT2D eigenvalue weighted by Gasteiger charge is 2.29. The molecule has 0 aromatic heterocycles. The highest BCUT2D eigenvalue weighted by atomic mass is 16.3. The van der Waals surface area contributed by atoms with E-state index in [2.05, 4.69) is 5.32 Å². The van der Waals surface area contributed by atoms with E-state index in [1.54, 1.807) is 0 Å². The monoisotopic (exact) mass is 197 g/mol. The molecule has 2 fully saturated rings. The number of aliphatic hydroxyl groups is 1. The maximum absolute atomic E-state index is 10.3. The average Bonchev–Trinajstić information content (AvgIpc) is 2.59. The molecule has 0 radical (unpaired) electrons. The van der Waals surface area contributed by atoms with Crippen LogP contribution in [0.15, 0.2) is 0 Å². The van der Waals surface area contributed by atoms with Gasteiger partial charge in [0.25, 0.3) is 0 Å². The third-order valence-corrected chi connectivity index (χ3v) is 3.96. The second kappa shape index (κ2) is 5.13. The fourth-order valence-electron chi connectivity index (χ4n) is 3.01. The highest BCUT2D eigenvalue weighted by molar-refractivity contribution is 4.83. The summed E-state index contributed by atoms with van der Waals surface area (Å²) in [4.78, 5) is 0. The number of aliphatic hydroxyl groups excluding tert-OH is 1. The molecular weight excluding hydrogens is 174 g/mol. The van der Waals surface area contributed by atoms with E-state index in [0.29, 0.717) is 11.8 Å². The van der Waals surface area contributed by atoms with Gasteiger partial charge in [0.1, 0.15) is 0 Å². The summed E-state index contributed by atoms with van der Waals surface area (Å²) in [7, 11) is 0. The zero-order valence-corrected chi connectivity index (χ0v) is 9.04. The third kappa shape index (κ3) is 2.48. The summed E-state index contributed by atoms with van der Waals surface area (Å²) < 4.78 is 0. The molecule has 1 aliphatic heterocycles. The van der Waals surface area contributed by atoms with Crippen molar-refractivity contribution in [2.24, 2.45) is 11.8 Å². The van der Waals surface area contributed by atoms with E-state index in [9.17, 15) is 5.11 Å². The molecule has 2 unspecified atom stereocenters. The van der Waals surface area contributed by atoms with E-state index < -0.39 is 0 Å². The molecule has 2 rings (SSSR count). The molecule has 0 aromatic rings. The normalized spacial score (nSPS) is 32.8. The van der Waals surface area contributed by atoms with Crippen LogP contribution >= 0.6 is 0 Å². The van der Waals surface area contributed by atoms with Crippen LogP contribution in [-0.2, 0) is 0 Å². The van der Waals surface area contributed by atoms with Crippen LogP contribution in [0.1, 0.15) is 44.9 Å². The van der Waals surface area contributed by atoms with E-state index in [4.69, 9.17) is 0 Å². The zero-order chi connectivity index (χ0) is 9.80. The fraction of sp³-hybridized carbons (Fsp3) is 1.00. The van der Waals surface area contributed by atoms with Crippen LogP contribution in [0.25, 0.3) is 0 Å². The maximum atomic E-state index is 10.3. The Kier molecular flexibility index (Phi) is 3.82. The summed E-state index contributed by atoms with van der Waals surface area (Å²) in [5.41, 5.74) is 0. The summed E-state index contributed by atoms with van der Waals surface area (Å²) in [6, 6.07) is 0. The van der Waals surface area contributed by atoms with Crippen molar-refractivity contribution < 1.29 is 5.11 Å². The summed E-state index contributed by atoms with van der Waals surface area (Å²) in [6.45, 7) is 2.14. The third-order valence-electron chi connectivity index (χ3n) is 3.96. The fourth-order valence-corrected chi connectivity index (χ4v) is 3.01. The SMILES string of the molecule is OC(C1CCCCCC1)C1CCNC1. The minimum Gasteiger partial charge on any atom is -0.393 e. The molecule has 1 saturated heterocycles. The van der Waals surface area contributed by atoms with Crippen molar-refractivity contribution in [3.63, 3.8) is 0 Å². The molecule has 2 atom stereocenters. The van der Waals surface area contributed by atoms with E-state index in [0.717, 1.165) is 13.1 Å². The van der Waals surface area contributed by atoms with E-state index >= 15 is 0 Å². The quantitative estimate of drug-likeness (QED) is 0.663. The number of hydrogen-bond acceptors (Lipinski definition) is 2. The van der Waals surface area contributed by atoms with Gasteiger partial charge in [0.15, 0.2) is 0 Å². The van der Waals surface area contributed by atoms with Crippen molar-refractivity contribution in [2.45, 2.75) is 51.0 Å². The Labute approximate surface area is 87.1 Å². The van der Waals surface area contributed by atoms with Crippen LogP contribution in [0.5, 0.6) is 0 Å². The van der Waals surface area contributed by atoms with Crippen LogP contribution in [0, 0.1) is 11.8 Å². The van der Waals surface area contributed by atoms with Crippen LogP contribution in [0.4, 0.5) is 0 Å². The first-order valence-electron chi connectivity index (χ1n) is 6.26. The predicted octanol–water partition coefficient (Wildman–Crippen LogP) is 1.93. The molecule has 0 aromatic carbocycles. The van der Waals surface area contributed by atoms with Crippen LogP contribution in [0.3, 0.4) is 0 Å². The zero-order valence-electron chi connectivity index (χ0n) is 9.04. The van der Waals surface area contributed by atoms with Crippen molar-refractivity contribution in [1.29, 1.82) is 0 Å². The Morgan fingerprint density at radius 3 is 2.21 bits per heavy atom. The van der Waals surface area contributed by atoms with Gasteiger partial charge in [-0.1, -0.05) is 25.7 Å². The topological polar surface area (TPSA) is 32.3 Å². The molecule has 2 nitrogen and oxygen atoms in total. The Balaban J connectivity index is 1.84. The van der Waals surface area contributed by atoms with Crippen LogP contribution < -0.4 is 5.32 Å². The Bertz CT molecular complexity index is 158. The number of hydrogen-bond donors (Lipinski definition) is 2. The average molecular weight is 197 g/mol. The van der Waals surface area contributed by atoms with Crippen molar-refractivity contribution in [3.05, 3.63) is 0 Å². The first kappa shape index (κ1) is 10.4. The Morgan fingerprint density at radius 1 is 0.929 bits per heavy atom. The van der Waals surface area contributed by atoms with E-state index in [1.165, 1.54) is 44.9 Å². The molecule has 0 amide bonds. The molecule has 1 heterocycles. The van der Waals surface area contributed by atoms with Crippen molar-refractivity contribution in [3.8, 4) is 0 Å². The highest BCUT2D eigenvalue weighted by Crippen LogP contribution is 2.30. The van der Waals surface area contributed by atoms with Gasteiger partial charge in [-0.05, 0) is 37.6 Å². The minimum atomic E-state index is -0.0249. The second-order valence-corrected chi connectivity index (χ2v) is 5.00. The van der Waals surface area contributed by atoms with Gasteiger partial charge in [0, 0.05) is 6.54 Å². The van der Waals surface area contributed by atoms with Gasteiger partial charge in [-0.25, -0.2) is 0 Å². The molecule has 14 heavy (non-hydrogen) atoms. The van der Waals surface area contributed by atoms with E-state index in [-0.39, 0.29) is 6.10 Å². The second-order valence-electron chi connectivity index (χ2n) is 5.00. The molecule has 2 aliphatic rings. The van der Waals surface area contributed by atoms with Crippen LogP contribution in [0.2, 0.25) is 0 Å². The minimum absolute atomic E-state index is 0.0249. The lowest BCUT2D eigenvalue weighted by atomic mass is 9.85. The maximum Gasteiger partial charge on any atom is 0.0609 e. The van der Waals surface area contributed by atoms with Gasteiger partial charge in [-0.2, -0.15) is 0 Å². The lowest BCUT2D eigenvalue weighted by molar-refractivity contribution is 0.0506. The summed E-state index contributed by atoms with van der Waals surface area (Å²) in [6.07, 6.45) is 9.11. The van der Waals surface area contributed by atoms with Gasteiger partial charge >= 0.3 is 0 Å². The van der Waals surface area contributed by atoms with Crippen LogP contribution in [-0.4, -0.2) is 24.3 Å². The Morgan fingerprint density at radius 2 is 1.64 bits per heavy atom. The van der Waals surface area contributed by atoms with Crippen molar-refractivity contribution in [2.75, 3.05) is 13.1 Å². The molecule has 2 N–H and O–H groups in total. The lowest BCUT2D eigenvalue weighted by Gasteiger charge is -2.25. The van der Waals surface area contributed by atoms with Gasteiger partial charge in [-0.15, -0.1) is 0 Å². The standard InChI is InChI=1S/C12H23NO/c14-12(11-7-8-13-9-11)10-5-3-1-2-4-6-10/h10-14H,1-9H2. The molecule has 1 saturated carbocycles. The largest absolute Gasteiger partial charge is 0.393 e. The molecule has 1 aliphatic carbocycles. The van der Waals surface area contributed by atoms with E-state index in [1.807, 2.05) is 0 Å². The molecule has 2 heteroatoms. The Hall–Kier alpha value is -0.0800. The van der Waals surface area contributed by atoms with Gasteiger partial charge < -0.3 is 10.4 Å². The van der Waals surface area contributed by atoms with Crippen molar-refractivity contribution in [1.82, 2.24) is 5.32 Å². The number of nitrogens with one attached hydrogen (secondary N) is 1. The molecule has 82 valence electrons. The molecule has 0 spiro atoms. The molecule has 0 bridgehead atoms. The van der Waals surface area contributed by atoms with Gasteiger partial charge in [0.05, 0.1) is 6.10 Å².